The van der Waals surface area contributed by atoms with E-state index in [0.29, 0.717) is 40.7 Å². The number of nitrogens with two attached hydrogens (primary N) is 1. The van der Waals surface area contributed by atoms with E-state index in [1.165, 1.54) is 11.3 Å². The molecule has 1 aromatic carbocycles. The van der Waals surface area contributed by atoms with Gasteiger partial charge in [0.25, 0.3) is 0 Å². The Morgan fingerprint density at radius 1 is 1.36 bits per heavy atom. The largest absolute Gasteiger partial charge is 0.490 e. The van der Waals surface area contributed by atoms with E-state index in [0.717, 1.165) is 5.56 Å². The second kappa shape index (κ2) is 7.86. The third-order valence-corrected chi connectivity index (χ3v) is 3.56. The van der Waals surface area contributed by atoms with Gasteiger partial charge in [0.05, 0.1) is 24.5 Å². The fourth-order valence-corrected chi connectivity index (χ4v) is 2.53. The summed E-state index contributed by atoms with van der Waals surface area (Å²) >= 11 is 7.61. The molecule has 8 heteroatoms. The number of hydrogen-bond acceptors (Lipinski definition) is 7. The van der Waals surface area contributed by atoms with Gasteiger partial charge in [-0.15, -0.1) is 11.3 Å². The Hall–Kier alpha value is -1.99. The Bertz CT molecular complexity index is 660. The third-order valence-electron chi connectivity index (χ3n) is 2.52. The second-order valence-electron chi connectivity index (χ2n) is 4.14. The van der Waals surface area contributed by atoms with Gasteiger partial charge in [-0.3, -0.25) is 5.43 Å². The first kappa shape index (κ1) is 16.4. The molecule has 0 spiro atoms. The smallest absolute Gasteiger partial charge is 0.205 e. The number of benzene rings is 1. The average molecular weight is 341 g/mol. The highest BCUT2D eigenvalue weighted by atomic mass is 35.5. The average Bonchev–Trinajstić information content (AvgIpc) is 2.89. The molecule has 0 amide bonds. The van der Waals surface area contributed by atoms with Crippen molar-refractivity contribution >= 4 is 40.1 Å². The molecular weight excluding hydrogens is 324 g/mol. The minimum absolute atomic E-state index is 0.463. The molecule has 0 aliphatic heterocycles. The van der Waals surface area contributed by atoms with Crippen LogP contribution in [-0.2, 0) is 0 Å². The van der Waals surface area contributed by atoms with Crippen LogP contribution in [0.1, 0.15) is 19.4 Å². The first-order valence-electron chi connectivity index (χ1n) is 6.73. The molecule has 3 N–H and O–H groups in total. The van der Waals surface area contributed by atoms with Crippen molar-refractivity contribution in [3.05, 3.63) is 28.1 Å². The number of aromatic nitrogens is 1. The molecule has 0 atom stereocenters. The summed E-state index contributed by atoms with van der Waals surface area (Å²) in [7, 11) is 0. The molecule has 118 valence electrons. The number of thiazole rings is 1. The summed E-state index contributed by atoms with van der Waals surface area (Å²) in [5.74, 6) is 1.60. The van der Waals surface area contributed by atoms with Gasteiger partial charge in [-0.05, 0) is 31.5 Å². The molecule has 0 aliphatic carbocycles. The zero-order valence-corrected chi connectivity index (χ0v) is 13.9. The van der Waals surface area contributed by atoms with Crippen LogP contribution in [0.25, 0.3) is 0 Å². The molecule has 2 rings (SSSR count). The standard InChI is InChI=1S/C14H17ClN4O2S/c1-3-20-11-6-9(5-10(15)13(11)21-4-2)7-17-19-14-18-12(16)8-22-14/h5-8H,3-4,16H2,1-2H3,(H,18,19). The zero-order chi connectivity index (χ0) is 15.9. The number of anilines is 2. The van der Waals surface area contributed by atoms with Crippen LogP contribution in [0.2, 0.25) is 5.02 Å². The lowest BCUT2D eigenvalue weighted by Crippen LogP contribution is -2.00. The molecule has 1 heterocycles. The highest BCUT2D eigenvalue weighted by Crippen LogP contribution is 2.36. The van der Waals surface area contributed by atoms with Crippen molar-refractivity contribution < 1.29 is 9.47 Å². The Kier molecular flexibility index (Phi) is 5.85. The number of nitrogens with one attached hydrogen (secondary N) is 1. The van der Waals surface area contributed by atoms with Crippen LogP contribution in [0.3, 0.4) is 0 Å². The Morgan fingerprint density at radius 3 is 2.77 bits per heavy atom. The summed E-state index contributed by atoms with van der Waals surface area (Å²) in [6, 6.07) is 3.58. The van der Waals surface area contributed by atoms with Crippen molar-refractivity contribution in [2.24, 2.45) is 5.10 Å². The SMILES string of the molecule is CCOc1cc(C=NNc2nc(N)cs2)cc(Cl)c1OCC. The van der Waals surface area contributed by atoms with Gasteiger partial charge in [-0.25, -0.2) is 4.98 Å². The molecule has 2 aromatic rings. The van der Waals surface area contributed by atoms with Crippen molar-refractivity contribution in [1.82, 2.24) is 4.98 Å². The summed E-state index contributed by atoms with van der Waals surface area (Å²) in [6.45, 7) is 4.83. The number of ether oxygens (including phenoxy) is 2. The van der Waals surface area contributed by atoms with Crippen LogP contribution in [0.4, 0.5) is 10.9 Å². The summed E-state index contributed by atoms with van der Waals surface area (Å²) in [5, 5.41) is 6.94. The van der Waals surface area contributed by atoms with E-state index < -0.39 is 0 Å². The first-order valence-corrected chi connectivity index (χ1v) is 7.99. The highest BCUT2D eigenvalue weighted by molar-refractivity contribution is 7.14. The number of nitrogens with zero attached hydrogens (tertiary/aromatic N) is 2. The maximum atomic E-state index is 6.23. The lowest BCUT2D eigenvalue weighted by molar-refractivity contribution is 0.288. The highest BCUT2D eigenvalue weighted by Gasteiger charge is 2.11. The number of hydrogen-bond donors (Lipinski definition) is 2. The maximum Gasteiger partial charge on any atom is 0.205 e. The molecule has 1 aromatic heterocycles. The second-order valence-corrected chi connectivity index (χ2v) is 5.41. The van der Waals surface area contributed by atoms with Gasteiger partial charge in [0, 0.05) is 5.38 Å². The number of halogens is 1. The van der Waals surface area contributed by atoms with E-state index in [9.17, 15) is 0 Å². The third kappa shape index (κ3) is 4.25. The molecule has 6 nitrogen and oxygen atoms in total. The Balaban J connectivity index is 2.16. The molecule has 0 saturated carbocycles. The lowest BCUT2D eigenvalue weighted by atomic mass is 10.2. The van der Waals surface area contributed by atoms with Crippen molar-refractivity contribution in [3.8, 4) is 11.5 Å². The number of rotatable bonds is 7. The molecule has 0 saturated heterocycles. The Labute approximate surface area is 137 Å². The molecule has 22 heavy (non-hydrogen) atoms. The van der Waals surface area contributed by atoms with Crippen molar-refractivity contribution in [3.63, 3.8) is 0 Å². The van der Waals surface area contributed by atoms with Crippen molar-refractivity contribution in [2.45, 2.75) is 13.8 Å². The van der Waals surface area contributed by atoms with Crippen molar-refractivity contribution in [2.75, 3.05) is 24.4 Å². The number of nitrogen functional groups attached to an aromatic ring is 1. The van der Waals surface area contributed by atoms with E-state index in [1.807, 2.05) is 19.9 Å². The summed E-state index contributed by atoms with van der Waals surface area (Å²) < 4.78 is 11.1. The van der Waals surface area contributed by atoms with Gasteiger partial charge in [-0.1, -0.05) is 11.6 Å². The lowest BCUT2D eigenvalue weighted by Gasteiger charge is -2.13. The van der Waals surface area contributed by atoms with E-state index >= 15 is 0 Å². The van der Waals surface area contributed by atoms with Crippen LogP contribution in [0.15, 0.2) is 22.6 Å². The molecule has 0 fully saturated rings. The molecular formula is C14H17ClN4O2S. The fraction of sp³-hybridized carbons (Fsp3) is 0.286. The van der Waals surface area contributed by atoms with Gasteiger partial charge in [0.2, 0.25) is 5.13 Å². The van der Waals surface area contributed by atoms with Gasteiger partial charge >= 0.3 is 0 Å². The molecule has 0 aliphatic rings. The zero-order valence-electron chi connectivity index (χ0n) is 12.3. The summed E-state index contributed by atoms with van der Waals surface area (Å²) in [5.41, 5.74) is 9.13. The van der Waals surface area contributed by atoms with E-state index in [1.54, 1.807) is 17.7 Å². The maximum absolute atomic E-state index is 6.23. The van der Waals surface area contributed by atoms with Crippen LogP contribution < -0.4 is 20.6 Å². The van der Waals surface area contributed by atoms with Crippen LogP contribution >= 0.6 is 22.9 Å². The minimum Gasteiger partial charge on any atom is -0.490 e. The fourth-order valence-electron chi connectivity index (χ4n) is 1.71. The van der Waals surface area contributed by atoms with Crippen molar-refractivity contribution in [1.29, 1.82) is 0 Å². The normalized spacial score (nSPS) is 10.9. The summed E-state index contributed by atoms with van der Waals surface area (Å²) in [6.07, 6.45) is 1.63. The van der Waals surface area contributed by atoms with E-state index in [-0.39, 0.29) is 0 Å². The quantitative estimate of drug-likeness (QED) is 0.594. The molecule has 0 bridgehead atoms. The number of hydrazone groups is 1. The summed E-state index contributed by atoms with van der Waals surface area (Å²) in [4.78, 5) is 4.05. The van der Waals surface area contributed by atoms with Gasteiger partial charge < -0.3 is 15.2 Å². The predicted molar refractivity (Wildman–Crippen MR) is 91.5 cm³/mol. The Morgan fingerprint density at radius 2 is 2.14 bits per heavy atom. The van der Waals surface area contributed by atoms with Crippen LogP contribution in [-0.4, -0.2) is 24.4 Å². The van der Waals surface area contributed by atoms with Gasteiger partial charge in [-0.2, -0.15) is 5.10 Å². The van der Waals surface area contributed by atoms with Gasteiger partial charge in [0.15, 0.2) is 11.5 Å². The van der Waals surface area contributed by atoms with Gasteiger partial charge in [0.1, 0.15) is 5.82 Å². The first-order chi connectivity index (χ1) is 10.6. The van der Waals surface area contributed by atoms with E-state index in [2.05, 4.69) is 15.5 Å². The topological polar surface area (TPSA) is 81.8 Å². The van der Waals surface area contributed by atoms with Crippen LogP contribution in [0, 0.1) is 0 Å². The molecule has 0 radical (unpaired) electrons. The van der Waals surface area contributed by atoms with E-state index in [4.69, 9.17) is 26.8 Å². The molecule has 0 unspecified atom stereocenters. The minimum atomic E-state index is 0.463. The monoisotopic (exact) mass is 340 g/mol. The predicted octanol–water partition coefficient (Wildman–Crippen LogP) is 3.62. The van der Waals surface area contributed by atoms with Crippen LogP contribution in [0.5, 0.6) is 11.5 Å².